The SMILES string of the molecule is N=C(N)NCCCN.O=P(O)(O)O. The summed E-state index contributed by atoms with van der Waals surface area (Å²) < 4.78 is 8.88. The van der Waals surface area contributed by atoms with Crippen LogP contribution in [-0.2, 0) is 4.57 Å². The molecule has 0 aliphatic rings. The summed E-state index contributed by atoms with van der Waals surface area (Å²) >= 11 is 0. The van der Waals surface area contributed by atoms with Crippen LogP contribution in [0.1, 0.15) is 6.42 Å². The first kappa shape index (κ1) is 14.8. The van der Waals surface area contributed by atoms with Gasteiger partial charge in [0.05, 0.1) is 0 Å². The average molecular weight is 214 g/mol. The summed E-state index contributed by atoms with van der Waals surface area (Å²) in [5, 5.41) is 9.33. The van der Waals surface area contributed by atoms with Gasteiger partial charge >= 0.3 is 7.82 Å². The number of phosphoric acid groups is 1. The van der Waals surface area contributed by atoms with Gasteiger partial charge in [-0.3, -0.25) is 5.41 Å². The molecule has 0 atom stereocenters. The second-order valence-corrected chi connectivity index (χ2v) is 3.02. The van der Waals surface area contributed by atoms with Crippen LogP contribution in [0, 0.1) is 5.41 Å². The van der Waals surface area contributed by atoms with Crippen molar-refractivity contribution in [3.63, 3.8) is 0 Å². The smallest absolute Gasteiger partial charge is 0.370 e. The summed E-state index contributed by atoms with van der Waals surface area (Å²) in [6, 6.07) is 0. The third kappa shape index (κ3) is 52.5. The Bertz CT molecular complexity index is 173. The molecule has 80 valence electrons. The fraction of sp³-hybridized carbons (Fsp3) is 0.750. The van der Waals surface area contributed by atoms with Gasteiger partial charge in [-0.05, 0) is 13.0 Å². The lowest BCUT2D eigenvalue weighted by molar-refractivity contribution is 0.275. The largest absolute Gasteiger partial charge is 0.466 e. The van der Waals surface area contributed by atoms with Crippen molar-refractivity contribution in [2.75, 3.05) is 13.1 Å². The molecule has 0 unspecified atom stereocenters. The minimum absolute atomic E-state index is 0.0125. The Kier molecular flexibility index (Phi) is 9.09. The molecule has 13 heavy (non-hydrogen) atoms. The minimum atomic E-state index is -4.64. The Morgan fingerprint density at radius 1 is 1.46 bits per heavy atom. The summed E-state index contributed by atoms with van der Waals surface area (Å²) in [5.74, 6) is 0.0125. The van der Waals surface area contributed by atoms with E-state index in [4.69, 9.17) is 36.1 Å². The van der Waals surface area contributed by atoms with E-state index in [0.717, 1.165) is 6.42 Å². The van der Waals surface area contributed by atoms with E-state index in [0.29, 0.717) is 13.1 Å². The van der Waals surface area contributed by atoms with E-state index >= 15 is 0 Å². The van der Waals surface area contributed by atoms with E-state index < -0.39 is 7.82 Å². The van der Waals surface area contributed by atoms with Gasteiger partial charge in [-0.1, -0.05) is 0 Å². The number of nitrogens with two attached hydrogens (primary N) is 2. The topological polar surface area (TPSA) is 166 Å². The minimum Gasteiger partial charge on any atom is -0.370 e. The maximum absolute atomic E-state index is 8.88. The van der Waals surface area contributed by atoms with Crippen molar-refractivity contribution in [2.45, 2.75) is 6.42 Å². The normalized spacial score (nSPS) is 9.85. The second kappa shape index (κ2) is 7.96. The van der Waals surface area contributed by atoms with Crippen LogP contribution >= 0.6 is 7.82 Å². The number of rotatable bonds is 3. The molecule has 0 aromatic heterocycles. The fourth-order valence-corrected chi connectivity index (χ4v) is 0.325. The van der Waals surface area contributed by atoms with Crippen LogP contribution in [-0.4, -0.2) is 33.7 Å². The second-order valence-electron chi connectivity index (χ2n) is 2.00. The quantitative estimate of drug-likeness (QED) is 0.122. The first-order valence-corrected chi connectivity index (χ1v) is 4.90. The lowest BCUT2D eigenvalue weighted by Crippen LogP contribution is -2.31. The highest BCUT2D eigenvalue weighted by atomic mass is 31.2. The van der Waals surface area contributed by atoms with Crippen molar-refractivity contribution in [1.82, 2.24) is 5.32 Å². The zero-order valence-electron chi connectivity index (χ0n) is 6.97. The Hall–Kier alpha value is -0.660. The zero-order valence-corrected chi connectivity index (χ0v) is 7.87. The van der Waals surface area contributed by atoms with Crippen LogP contribution in [0.4, 0.5) is 0 Å². The summed E-state index contributed by atoms with van der Waals surface area (Å²) in [5.41, 5.74) is 10.1. The molecule has 0 fully saturated rings. The van der Waals surface area contributed by atoms with Gasteiger partial charge in [-0.2, -0.15) is 0 Å². The van der Waals surface area contributed by atoms with Crippen molar-refractivity contribution in [3.05, 3.63) is 0 Å². The Morgan fingerprint density at radius 2 is 1.85 bits per heavy atom. The molecule has 9 heteroatoms. The molecule has 0 heterocycles. The van der Waals surface area contributed by atoms with Gasteiger partial charge in [0.2, 0.25) is 0 Å². The van der Waals surface area contributed by atoms with Gasteiger partial charge < -0.3 is 31.5 Å². The molecular weight excluding hydrogens is 199 g/mol. The first-order chi connectivity index (χ1) is 5.77. The fourth-order valence-electron chi connectivity index (χ4n) is 0.325. The van der Waals surface area contributed by atoms with Crippen LogP contribution in [0.15, 0.2) is 0 Å². The van der Waals surface area contributed by atoms with Gasteiger partial charge in [0.1, 0.15) is 0 Å². The predicted octanol–water partition coefficient (Wildman–Crippen LogP) is -2.11. The van der Waals surface area contributed by atoms with Crippen molar-refractivity contribution in [1.29, 1.82) is 5.41 Å². The van der Waals surface area contributed by atoms with Gasteiger partial charge in [0.25, 0.3) is 0 Å². The number of hydrogen-bond donors (Lipinski definition) is 7. The van der Waals surface area contributed by atoms with E-state index in [2.05, 4.69) is 5.32 Å². The molecule has 8 nitrogen and oxygen atoms in total. The van der Waals surface area contributed by atoms with E-state index in [1.165, 1.54) is 0 Å². The molecule has 9 N–H and O–H groups in total. The highest BCUT2D eigenvalue weighted by Gasteiger charge is 2.00. The highest BCUT2D eigenvalue weighted by Crippen LogP contribution is 2.25. The maximum atomic E-state index is 8.88. The van der Waals surface area contributed by atoms with Crippen molar-refractivity contribution in [2.24, 2.45) is 11.5 Å². The van der Waals surface area contributed by atoms with E-state index in [9.17, 15) is 0 Å². The highest BCUT2D eigenvalue weighted by molar-refractivity contribution is 7.45. The molecule has 0 aliphatic carbocycles. The van der Waals surface area contributed by atoms with Gasteiger partial charge in [-0.15, -0.1) is 0 Å². The Morgan fingerprint density at radius 3 is 2.08 bits per heavy atom. The predicted molar refractivity (Wildman–Crippen MR) is 47.9 cm³/mol. The third-order valence-corrected chi connectivity index (χ3v) is 0.696. The van der Waals surface area contributed by atoms with Crippen molar-refractivity contribution >= 4 is 13.8 Å². The van der Waals surface area contributed by atoms with Crippen LogP contribution in [0.5, 0.6) is 0 Å². The Balaban J connectivity index is 0. The van der Waals surface area contributed by atoms with Crippen LogP contribution in [0.3, 0.4) is 0 Å². The lowest BCUT2D eigenvalue weighted by Gasteiger charge is -1.98. The number of nitrogens with one attached hydrogen (secondary N) is 2. The summed E-state index contributed by atoms with van der Waals surface area (Å²) in [7, 11) is -4.64. The zero-order chi connectivity index (χ0) is 10.9. The molecule has 0 amide bonds. The molecular formula is C4H15N4O4P. The molecule has 0 radical (unpaired) electrons. The average Bonchev–Trinajstić information content (AvgIpc) is 1.83. The number of guanidine groups is 1. The molecule has 0 bridgehead atoms. The first-order valence-electron chi connectivity index (χ1n) is 3.33. The van der Waals surface area contributed by atoms with Crippen molar-refractivity contribution in [3.8, 4) is 0 Å². The molecule has 0 saturated carbocycles. The van der Waals surface area contributed by atoms with E-state index in [1.54, 1.807) is 0 Å². The molecule has 0 rings (SSSR count). The molecule has 0 aromatic carbocycles. The van der Waals surface area contributed by atoms with Gasteiger partial charge in [0, 0.05) is 6.54 Å². The lowest BCUT2D eigenvalue weighted by atomic mass is 10.4. The van der Waals surface area contributed by atoms with E-state index in [-0.39, 0.29) is 5.96 Å². The molecule has 0 aromatic rings. The summed E-state index contributed by atoms with van der Waals surface area (Å²) in [4.78, 5) is 21.6. The van der Waals surface area contributed by atoms with Crippen LogP contribution in [0.2, 0.25) is 0 Å². The standard InChI is InChI=1S/C4H12N4.H3O4P/c5-2-1-3-8-4(6)7;1-5(2,3)4/h1-3,5H2,(H4,6,7,8);(H3,1,2,3,4). The van der Waals surface area contributed by atoms with Crippen LogP contribution < -0.4 is 16.8 Å². The summed E-state index contributed by atoms with van der Waals surface area (Å²) in [6.07, 6.45) is 0.861. The van der Waals surface area contributed by atoms with Gasteiger partial charge in [0.15, 0.2) is 5.96 Å². The van der Waals surface area contributed by atoms with Gasteiger partial charge in [-0.25, -0.2) is 4.57 Å². The number of hydrogen-bond acceptors (Lipinski definition) is 3. The molecule has 0 spiro atoms. The maximum Gasteiger partial charge on any atom is 0.466 e. The Labute approximate surface area is 75.7 Å². The molecule has 0 aliphatic heterocycles. The monoisotopic (exact) mass is 214 g/mol. The third-order valence-electron chi connectivity index (χ3n) is 0.696. The van der Waals surface area contributed by atoms with Crippen molar-refractivity contribution < 1.29 is 19.2 Å². The summed E-state index contributed by atoms with van der Waals surface area (Å²) in [6.45, 7) is 1.34. The molecule has 0 saturated heterocycles. The van der Waals surface area contributed by atoms with E-state index in [1.807, 2.05) is 0 Å². The van der Waals surface area contributed by atoms with Crippen LogP contribution in [0.25, 0.3) is 0 Å².